The molecule has 0 saturated carbocycles. The number of hydrogen-bond donors (Lipinski definition) is 2. The number of pyridine rings is 3. The lowest BCUT2D eigenvalue weighted by molar-refractivity contribution is 0.0357. The summed E-state index contributed by atoms with van der Waals surface area (Å²) in [6.07, 6.45) is 5.74. The quantitative estimate of drug-likeness (QED) is 0.145. The van der Waals surface area contributed by atoms with Crippen LogP contribution >= 0.6 is 0 Å². The highest BCUT2D eigenvalue weighted by atomic mass is 19.1. The van der Waals surface area contributed by atoms with E-state index in [1.165, 1.54) is 12.1 Å². The Hall–Kier alpha value is -5.52. The Morgan fingerprint density at radius 3 is 2.58 bits per heavy atom. The van der Waals surface area contributed by atoms with Gasteiger partial charge in [-0.05, 0) is 42.3 Å². The summed E-state index contributed by atoms with van der Waals surface area (Å²) in [5, 5.41) is 4.13. The number of aromatic nitrogens is 3. The smallest absolute Gasteiger partial charge is 0.200 e. The summed E-state index contributed by atoms with van der Waals surface area (Å²) in [5.74, 6) is 1.25. The Kier molecular flexibility index (Phi) is 9.12. The molecule has 3 aromatic heterocycles. The molecular weight excluding hydrogens is 613 g/mol. The summed E-state index contributed by atoms with van der Waals surface area (Å²) in [7, 11) is 1.57. The number of nitrogens with zero attached hydrogens (tertiary/aromatic N) is 3. The van der Waals surface area contributed by atoms with Crippen molar-refractivity contribution in [3.05, 3.63) is 107 Å². The van der Waals surface area contributed by atoms with E-state index in [1.807, 2.05) is 30.3 Å². The topological polar surface area (TPSA) is 111 Å². The molecule has 2 N–H and O–H groups in total. The summed E-state index contributed by atoms with van der Waals surface area (Å²) in [5.41, 5.74) is 2.75. The number of benzene rings is 3. The lowest BCUT2D eigenvalue weighted by Crippen LogP contribution is -2.37. The minimum atomic E-state index is -0.601. The predicted octanol–water partition coefficient (Wildman–Crippen LogP) is 6.92. The van der Waals surface area contributed by atoms with Gasteiger partial charge >= 0.3 is 0 Å². The Balaban J connectivity index is 1.09. The number of nitrogens with one attached hydrogen (secondary N) is 2. The van der Waals surface area contributed by atoms with E-state index >= 15 is 4.39 Å². The van der Waals surface area contributed by atoms with E-state index < -0.39 is 5.82 Å². The van der Waals surface area contributed by atoms with Crippen LogP contribution in [-0.2, 0) is 4.74 Å². The van der Waals surface area contributed by atoms with E-state index in [2.05, 4.69) is 25.2 Å². The van der Waals surface area contributed by atoms with Crippen LogP contribution < -0.4 is 25.0 Å². The molecule has 244 valence electrons. The van der Waals surface area contributed by atoms with E-state index in [4.69, 9.17) is 18.9 Å². The second-order valence-corrected chi connectivity index (χ2v) is 11.3. The summed E-state index contributed by atoms with van der Waals surface area (Å²) in [6, 6.07) is 20.9. The van der Waals surface area contributed by atoms with Gasteiger partial charge in [0.15, 0.2) is 23.1 Å². The van der Waals surface area contributed by atoms with Gasteiger partial charge in [-0.25, -0.2) is 9.37 Å². The van der Waals surface area contributed by atoms with E-state index in [9.17, 15) is 4.79 Å². The molecular formula is C37H34FN5O5. The monoisotopic (exact) mass is 647 g/mol. The Morgan fingerprint density at radius 2 is 1.77 bits per heavy atom. The lowest BCUT2D eigenvalue weighted by atomic mass is 10.1. The van der Waals surface area contributed by atoms with Crippen molar-refractivity contribution < 1.29 is 23.3 Å². The van der Waals surface area contributed by atoms with Crippen molar-refractivity contribution in [2.24, 2.45) is 0 Å². The molecule has 1 aliphatic rings. The molecule has 6 aromatic rings. The van der Waals surface area contributed by atoms with Gasteiger partial charge in [-0.2, -0.15) is 0 Å². The van der Waals surface area contributed by atoms with Gasteiger partial charge in [0, 0.05) is 67.0 Å². The molecule has 0 amide bonds. The maximum atomic E-state index is 15.5. The van der Waals surface area contributed by atoms with Crippen molar-refractivity contribution in [1.29, 1.82) is 0 Å². The van der Waals surface area contributed by atoms with Gasteiger partial charge in [-0.15, -0.1) is 0 Å². The van der Waals surface area contributed by atoms with Crippen LogP contribution in [0.3, 0.4) is 0 Å². The highest BCUT2D eigenvalue weighted by molar-refractivity contribution is 5.93. The molecule has 4 heterocycles. The van der Waals surface area contributed by atoms with Crippen molar-refractivity contribution >= 4 is 33.3 Å². The predicted molar refractivity (Wildman–Crippen MR) is 183 cm³/mol. The van der Waals surface area contributed by atoms with Crippen molar-refractivity contribution in [3.8, 4) is 34.1 Å². The van der Waals surface area contributed by atoms with Gasteiger partial charge in [-0.1, -0.05) is 30.3 Å². The molecule has 1 saturated heterocycles. The number of rotatable bonds is 11. The third kappa shape index (κ3) is 6.64. The zero-order chi connectivity index (χ0) is 32.9. The van der Waals surface area contributed by atoms with Crippen LogP contribution in [0.4, 0.5) is 15.9 Å². The first kappa shape index (κ1) is 31.1. The third-order valence-electron chi connectivity index (χ3n) is 8.26. The molecule has 3 aromatic carbocycles. The van der Waals surface area contributed by atoms with Crippen molar-refractivity contribution in [2.75, 3.05) is 51.9 Å². The molecule has 11 heteroatoms. The first-order valence-corrected chi connectivity index (χ1v) is 15.8. The highest BCUT2D eigenvalue weighted by Gasteiger charge is 2.16. The zero-order valence-electron chi connectivity index (χ0n) is 26.4. The normalized spacial score (nSPS) is 13.5. The van der Waals surface area contributed by atoms with Gasteiger partial charge in [0.05, 0.1) is 43.4 Å². The molecule has 0 spiro atoms. The molecule has 10 nitrogen and oxygen atoms in total. The summed E-state index contributed by atoms with van der Waals surface area (Å²) in [4.78, 5) is 28.0. The van der Waals surface area contributed by atoms with Gasteiger partial charge in [0.1, 0.15) is 11.6 Å². The molecule has 1 aliphatic heterocycles. The first-order chi connectivity index (χ1) is 23.6. The second kappa shape index (κ2) is 14.1. The minimum Gasteiger partial charge on any atom is -0.493 e. The molecule has 0 bridgehead atoms. The number of fused-ring (bicyclic) bond motifs is 2. The number of aromatic amines is 1. The fourth-order valence-electron chi connectivity index (χ4n) is 5.79. The van der Waals surface area contributed by atoms with E-state index in [0.717, 1.165) is 44.8 Å². The number of ether oxygens (including phenoxy) is 4. The third-order valence-corrected chi connectivity index (χ3v) is 8.26. The molecule has 0 unspecified atom stereocenters. The van der Waals surface area contributed by atoms with Crippen LogP contribution in [0.1, 0.15) is 6.42 Å². The molecule has 48 heavy (non-hydrogen) atoms. The Labute approximate surface area is 276 Å². The van der Waals surface area contributed by atoms with Gasteiger partial charge in [0.2, 0.25) is 5.43 Å². The van der Waals surface area contributed by atoms with Crippen LogP contribution in [0.2, 0.25) is 0 Å². The number of anilines is 2. The number of hydrogen-bond acceptors (Lipinski definition) is 9. The summed E-state index contributed by atoms with van der Waals surface area (Å²) >= 11 is 0. The maximum absolute atomic E-state index is 15.5. The van der Waals surface area contributed by atoms with Crippen molar-refractivity contribution in [1.82, 2.24) is 19.9 Å². The Bertz CT molecular complexity index is 2120. The number of morpholine rings is 1. The number of methoxy groups -OCH3 is 1. The Morgan fingerprint density at radius 1 is 0.938 bits per heavy atom. The lowest BCUT2D eigenvalue weighted by Gasteiger charge is -2.26. The fourth-order valence-corrected chi connectivity index (χ4v) is 5.79. The fraction of sp³-hybridized carbons (Fsp3) is 0.216. The van der Waals surface area contributed by atoms with E-state index in [0.29, 0.717) is 62.7 Å². The van der Waals surface area contributed by atoms with Gasteiger partial charge in [0.25, 0.3) is 0 Å². The van der Waals surface area contributed by atoms with Crippen LogP contribution in [0.5, 0.6) is 23.0 Å². The standard InChI is InChI=1S/C37H34FN5O5/c1-45-33-21-26-30(22-34(33)47-17-5-14-43-15-18-46-19-16-43)39-13-11-31(26)48-32-9-8-25(20-28(32)38)42-37-35-29(10-12-40-37)41-23-27(36(35)44)24-6-3-2-4-7-24/h2-4,6-13,20-23H,5,14-19H2,1H3,(H,40,42)(H,41,44). The van der Waals surface area contributed by atoms with Gasteiger partial charge < -0.3 is 29.2 Å². The van der Waals surface area contributed by atoms with E-state index in [1.54, 1.807) is 56.0 Å². The first-order valence-electron chi connectivity index (χ1n) is 15.8. The molecule has 0 aliphatic carbocycles. The van der Waals surface area contributed by atoms with Crippen molar-refractivity contribution in [3.63, 3.8) is 0 Å². The number of H-pyrrole nitrogens is 1. The van der Waals surface area contributed by atoms with Crippen LogP contribution in [0, 0.1) is 5.82 Å². The van der Waals surface area contributed by atoms with Crippen LogP contribution in [-0.4, -0.2) is 66.4 Å². The summed E-state index contributed by atoms with van der Waals surface area (Å²) < 4.78 is 38.7. The average molecular weight is 648 g/mol. The van der Waals surface area contributed by atoms with Crippen LogP contribution in [0.25, 0.3) is 32.9 Å². The number of halogens is 1. The highest BCUT2D eigenvalue weighted by Crippen LogP contribution is 2.38. The van der Waals surface area contributed by atoms with Crippen LogP contribution in [0.15, 0.2) is 96.2 Å². The van der Waals surface area contributed by atoms with Crippen molar-refractivity contribution in [2.45, 2.75) is 6.42 Å². The molecule has 0 radical (unpaired) electrons. The SMILES string of the molecule is COc1cc2c(Oc3ccc(Nc4nccc5[nH]cc(-c6ccccc6)c(=O)c45)cc3F)ccnc2cc1OCCCN1CCOCC1. The van der Waals surface area contributed by atoms with Gasteiger partial charge in [-0.3, -0.25) is 14.7 Å². The van der Waals surface area contributed by atoms with E-state index in [-0.39, 0.29) is 11.2 Å². The largest absolute Gasteiger partial charge is 0.493 e. The zero-order valence-corrected chi connectivity index (χ0v) is 26.4. The second-order valence-electron chi connectivity index (χ2n) is 11.3. The average Bonchev–Trinajstić information content (AvgIpc) is 3.12. The minimum absolute atomic E-state index is 0.0190. The molecule has 0 atom stereocenters. The maximum Gasteiger partial charge on any atom is 0.200 e. The molecule has 7 rings (SSSR count). The molecule has 1 fully saturated rings. The summed E-state index contributed by atoms with van der Waals surface area (Å²) in [6.45, 7) is 4.86.